The van der Waals surface area contributed by atoms with E-state index >= 15 is 0 Å². The van der Waals surface area contributed by atoms with Gasteiger partial charge in [0.2, 0.25) is 5.76 Å². The average Bonchev–Trinajstić information content (AvgIpc) is 3.12. The minimum atomic E-state index is -0.216. The van der Waals surface area contributed by atoms with Crippen LogP contribution < -0.4 is 4.90 Å². The summed E-state index contributed by atoms with van der Waals surface area (Å²) in [5.74, 6) is 0.0204. The molecular weight excluding hydrogens is 312 g/mol. The van der Waals surface area contributed by atoms with Crippen molar-refractivity contribution in [1.82, 2.24) is 15.0 Å². The third-order valence-corrected chi connectivity index (χ3v) is 4.43. The lowest BCUT2D eigenvalue weighted by Gasteiger charge is -2.20. The molecule has 0 saturated heterocycles. The van der Waals surface area contributed by atoms with E-state index in [-0.39, 0.29) is 11.7 Å². The van der Waals surface area contributed by atoms with E-state index in [0.717, 1.165) is 16.8 Å². The number of benzene rings is 1. The predicted molar refractivity (Wildman–Crippen MR) is 91.1 cm³/mol. The van der Waals surface area contributed by atoms with Gasteiger partial charge in [-0.2, -0.15) is 0 Å². The lowest BCUT2D eigenvalue weighted by atomic mass is 10.3. The van der Waals surface area contributed by atoms with E-state index in [1.165, 1.54) is 11.3 Å². The Balaban J connectivity index is 1.95. The number of carbonyl (C=O) groups excluding carboxylic acids is 1. The molecule has 0 N–H and O–H groups in total. The van der Waals surface area contributed by atoms with Crippen LogP contribution >= 0.6 is 11.3 Å². The van der Waals surface area contributed by atoms with Crippen molar-refractivity contribution in [2.24, 2.45) is 0 Å². The highest BCUT2D eigenvalue weighted by atomic mass is 32.1. The van der Waals surface area contributed by atoms with Gasteiger partial charge in [-0.15, -0.1) is 0 Å². The zero-order chi connectivity index (χ0) is 16.4. The summed E-state index contributed by atoms with van der Waals surface area (Å²) in [4.78, 5) is 21.1. The minimum absolute atomic E-state index is 0.216. The van der Waals surface area contributed by atoms with Gasteiger partial charge in [0.1, 0.15) is 0 Å². The van der Waals surface area contributed by atoms with Gasteiger partial charge in [0.25, 0.3) is 5.91 Å². The maximum Gasteiger partial charge on any atom is 0.298 e. The number of likely N-dealkylation sites (N-methyl/N-ethyl adjacent to an activating group) is 1. The third kappa shape index (κ3) is 3.40. The van der Waals surface area contributed by atoms with Crippen LogP contribution in [0.15, 0.2) is 34.9 Å². The molecule has 0 fully saturated rings. The van der Waals surface area contributed by atoms with Crippen LogP contribution in [0.2, 0.25) is 0 Å². The van der Waals surface area contributed by atoms with Crippen molar-refractivity contribution in [3.8, 4) is 0 Å². The van der Waals surface area contributed by atoms with Crippen molar-refractivity contribution >= 4 is 32.6 Å². The highest BCUT2D eigenvalue weighted by Crippen LogP contribution is 2.29. The topological polar surface area (TPSA) is 62.5 Å². The molecule has 6 nitrogen and oxygen atoms in total. The number of amides is 1. The molecule has 2 aromatic heterocycles. The first kappa shape index (κ1) is 15.6. The van der Waals surface area contributed by atoms with Crippen LogP contribution in [0.3, 0.4) is 0 Å². The van der Waals surface area contributed by atoms with E-state index in [9.17, 15) is 4.79 Å². The quantitative estimate of drug-likeness (QED) is 0.720. The monoisotopic (exact) mass is 330 g/mol. The maximum atomic E-state index is 12.8. The molecule has 1 amide bonds. The smallest absolute Gasteiger partial charge is 0.298 e. The van der Waals surface area contributed by atoms with Crippen LogP contribution in [-0.4, -0.2) is 48.1 Å². The summed E-state index contributed by atoms with van der Waals surface area (Å²) in [6.45, 7) is 3.06. The van der Waals surface area contributed by atoms with Crippen LogP contribution in [0.5, 0.6) is 0 Å². The molecule has 0 radical (unpaired) electrons. The van der Waals surface area contributed by atoms with Crippen molar-refractivity contribution in [3.05, 3.63) is 41.8 Å². The summed E-state index contributed by atoms with van der Waals surface area (Å²) < 4.78 is 6.19. The number of anilines is 1. The van der Waals surface area contributed by atoms with Gasteiger partial charge >= 0.3 is 0 Å². The molecule has 0 saturated carbocycles. The van der Waals surface area contributed by atoms with Gasteiger partial charge in [0, 0.05) is 19.2 Å². The molecule has 0 aliphatic rings. The van der Waals surface area contributed by atoms with Crippen LogP contribution in [-0.2, 0) is 0 Å². The SMILES string of the molecule is Cc1cc(C(=O)N(CCN(C)C)c2nc3ccccc3s2)on1. The van der Waals surface area contributed by atoms with E-state index < -0.39 is 0 Å². The van der Waals surface area contributed by atoms with E-state index in [1.807, 2.05) is 43.3 Å². The normalized spacial score (nSPS) is 11.3. The Hall–Kier alpha value is -2.25. The molecule has 0 atom stereocenters. The second-order valence-electron chi connectivity index (χ2n) is 5.56. The van der Waals surface area contributed by atoms with Crippen LogP contribution in [0.1, 0.15) is 16.2 Å². The number of carbonyl (C=O) groups is 1. The largest absolute Gasteiger partial charge is 0.351 e. The van der Waals surface area contributed by atoms with E-state index in [2.05, 4.69) is 10.1 Å². The zero-order valence-corrected chi connectivity index (χ0v) is 14.1. The highest BCUT2D eigenvalue weighted by Gasteiger charge is 2.24. The summed E-state index contributed by atoms with van der Waals surface area (Å²) in [5.41, 5.74) is 1.58. The minimum Gasteiger partial charge on any atom is -0.351 e. The lowest BCUT2D eigenvalue weighted by molar-refractivity contribution is 0.0949. The number of hydrogen-bond acceptors (Lipinski definition) is 6. The third-order valence-electron chi connectivity index (χ3n) is 3.37. The molecule has 3 rings (SSSR count). The van der Waals surface area contributed by atoms with Gasteiger partial charge in [0.05, 0.1) is 15.9 Å². The number of para-hydroxylation sites is 1. The van der Waals surface area contributed by atoms with E-state index in [1.54, 1.807) is 17.9 Å². The first-order chi connectivity index (χ1) is 11.0. The molecule has 2 heterocycles. The van der Waals surface area contributed by atoms with Gasteiger partial charge < -0.3 is 9.42 Å². The first-order valence-corrected chi connectivity index (χ1v) is 8.12. The summed E-state index contributed by atoms with van der Waals surface area (Å²) >= 11 is 1.50. The molecule has 3 aromatic rings. The number of thiazole rings is 1. The Morgan fingerprint density at radius 2 is 2.04 bits per heavy atom. The Bertz CT molecular complexity index is 791. The lowest BCUT2D eigenvalue weighted by Crippen LogP contribution is -2.36. The molecule has 0 unspecified atom stereocenters. The fourth-order valence-electron chi connectivity index (χ4n) is 2.16. The molecular formula is C16H18N4O2S. The molecule has 1 aromatic carbocycles. The number of fused-ring (bicyclic) bond motifs is 1. The summed E-state index contributed by atoms with van der Waals surface area (Å²) in [7, 11) is 3.94. The second kappa shape index (κ2) is 6.47. The van der Waals surface area contributed by atoms with Gasteiger partial charge in [0.15, 0.2) is 5.13 Å². The van der Waals surface area contributed by atoms with Crippen molar-refractivity contribution in [2.45, 2.75) is 6.92 Å². The number of aryl methyl sites for hydroxylation is 1. The van der Waals surface area contributed by atoms with Crippen LogP contribution in [0.25, 0.3) is 10.2 Å². The molecule has 0 spiro atoms. The number of aromatic nitrogens is 2. The predicted octanol–water partition coefficient (Wildman–Crippen LogP) is 2.80. The molecule has 120 valence electrons. The molecule has 0 bridgehead atoms. The maximum absolute atomic E-state index is 12.8. The van der Waals surface area contributed by atoms with Gasteiger partial charge in [-0.3, -0.25) is 9.69 Å². The fraction of sp³-hybridized carbons (Fsp3) is 0.312. The summed E-state index contributed by atoms with van der Waals surface area (Å²) in [6, 6.07) is 9.51. The summed E-state index contributed by atoms with van der Waals surface area (Å²) in [6.07, 6.45) is 0. The molecule has 23 heavy (non-hydrogen) atoms. The summed E-state index contributed by atoms with van der Waals surface area (Å²) in [5, 5.41) is 4.48. The Morgan fingerprint density at radius 1 is 1.26 bits per heavy atom. The molecule has 7 heteroatoms. The van der Waals surface area contributed by atoms with Crippen molar-refractivity contribution in [1.29, 1.82) is 0 Å². The van der Waals surface area contributed by atoms with Crippen LogP contribution in [0, 0.1) is 6.92 Å². The van der Waals surface area contributed by atoms with Gasteiger partial charge in [-0.05, 0) is 33.2 Å². The Morgan fingerprint density at radius 3 is 2.70 bits per heavy atom. The molecule has 0 aliphatic carbocycles. The number of nitrogens with zero attached hydrogens (tertiary/aromatic N) is 4. The van der Waals surface area contributed by atoms with Crippen molar-refractivity contribution < 1.29 is 9.32 Å². The number of rotatable bonds is 5. The van der Waals surface area contributed by atoms with Crippen molar-refractivity contribution in [2.75, 3.05) is 32.1 Å². The van der Waals surface area contributed by atoms with Crippen molar-refractivity contribution in [3.63, 3.8) is 0 Å². The standard InChI is InChI=1S/C16H18N4O2S/c1-11-10-13(22-18-11)15(21)20(9-8-19(2)3)16-17-12-6-4-5-7-14(12)23-16/h4-7,10H,8-9H2,1-3H3. The first-order valence-electron chi connectivity index (χ1n) is 7.30. The average molecular weight is 330 g/mol. The van der Waals surface area contributed by atoms with E-state index in [0.29, 0.717) is 17.4 Å². The Labute approximate surface area is 138 Å². The van der Waals surface area contributed by atoms with Crippen LogP contribution in [0.4, 0.5) is 5.13 Å². The highest BCUT2D eigenvalue weighted by molar-refractivity contribution is 7.22. The fourth-order valence-corrected chi connectivity index (χ4v) is 3.15. The van der Waals surface area contributed by atoms with E-state index in [4.69, 9.17) is 4.52 Å². The van der Waals surface area contributed by atoms with Gasteiger partial charge in [-0.1, -0.05) is 28.6 Å². The van der Waals surface area contributed by atoms with Gasteiger partial charge in [-0.25, -0.2) is 4.98 Å². The zero-order valence-electron chi connectivity index (χ0n) is 13.3. The Kier molecular flexibility index (Phi) is 4.40. The molecule has 0 aliphatic heterocycles. The second-order valence-corrected chi connectivity index (χ2v) is 6.57. The number of hydrogen-bond donors (Lipinski definition) is 0.